The molecule has 1 fully saturated rings. The number of hydrogen-bond acceptors (Lipinski definition) is 5. The van der Waals surface area contributed by atoms with E-state index in [2.05, 4.69) is 4.90 Å². The third-order valence-electron chi connectivity index (χ3n) is 6.64. The Morgan fingerprint density at radius 3 is 2.57 bits per heavy atom. The van der Waals surface area contributed by atoms with Crippen LogP contribution in [0, 0.1) is 5.92 Å². The Kier molecular flexibility index (Phi) is 6.58. The van der Waals surface area contributed by atoms with E-state index in [1.54, 1.807) is 24.3 Å². The molecule has 0 unspecified atom stereocenters. The molecule has 0 aromatic heterocycles. The van der Waals surface area contributed by atoms with Crippen LogP contribution in [0.1, 0.15) is 29.7 Å². The van der Waals surface area contributed by atoms with Crippen molar-refractivity contribution in [2.24, 2.45) is 5.92 Å². The molecule has 5 nitrogen and oxygen atoms in total. The minimum atomic E-state index is -0.447. The van der Waals surface area contributed by atoms with Gasteiger partial charge >= 0.3 is 0 Å². The monoisotopic (exact) mass is 495 g/mol. The van der Waals surface area contributed by atoms with Crippen LogP contribution in [-0.2, 0) is 0 Å². The first-order valence-corrected chi connectivity index (χ1v) is 12.0. The van der Waals surface area contributed by atoms with Crippen LogP contribution in [0.25, 0.3) is 11.1 Å². The number of ether oxygens (including phenoxy) is 2. The van der Waals surface area contributed by atoms with E-state index in [9.17, 15) is 14.6 Å². The first kappa shape index (κ1) is 23.5. The standard InChI is InChI=1S/C28H27ClFNO4/c1-17-25(20-3-2-4-21(32)13-20)28(35-24-10-9-23(33)27(29)26(17)24)19-5-7-22(8-6-19)34-12-11-31-15-18(14-30)16-31/h2-10,13,18,28,32-33H,11-12,14-16H2,1H3/t28-/m0/s1. The van der Waals surface area contributed by atoms with Gasteiger partial charge in [-0.1, -0.05) is 35.9 Å². The highest BCUT2D eigenvalue weighted by Gasteiger charge is 2.31. The van der Waals surface area contributed by atoms with Gasteiger partial charge in [-0.3, -0.25) is 9.29 Å². The largest absolute Gasteiger partial charge is 0.508 e. The molecule has 5 rings (SSSR count). The summed E-state index contributed by atoms with van der Waals surface area (Å²) in [5, 5.41) is 20.5. The maximum absolute atomic E-state index is 12.6. The second-order valence-electron chi connectivity index (χ2n) is 9.06. The molecule has 0 aliphatic carbocycles. The zero-order valence-electron chi connectivity index (χ0n) is 19.4. The Labute approximate surface area is 209 Å². The van der Waals surface area contributed by atoms with Crippen molar-refractivity contribution < 1.29 is 24.1 Å². The molecule has 2 heterocycles. The zero-order chi connectivity index (χ0) is 24.5. The summed E-state index contributed by atoms with van der Waals surface area (Å²) < 4.78 is 24.9. The molecule has 2 aliphatic rings. The first-order chi connectivity index (χ1) is 16.9. The summed E-state index contributed by atoms with van der Waals surface area (Å²) in [4.78, 5) is 2.18. The van der Waals surface area contributed by atoms with Crippen LogP contribution in [0.3, 0.4) is 0 Å². The van der Waals surface area contributed by atoms with Crippen molar-refractivity contribution in [3.05, 3.63) is 82.4 Å². The quantitative estimate of drug-likeness (QED) is 0.415. The molecule has 0 saturated carbocycles. The van der Waals surface area contributed by atoms with Crippen LogP contribution < -0.4 is 9.47 Å². The normalized spacial score (nSPS) is 18.1. The third-order valence-corrected chi connectivity index (χ3v) is 7.02. The molecule has 7 heteroatoms. The highest BCUT2D eigenvalue weighted by atomic mass is 35.5. The lowest BCUT2D eigenvalue weighted by Crippen LogP contribution is -2.49. The van der Waals surface area contributed by atoms with Crippen LogP contribution in [0.15, 0.2) is 60.7 Å². The van der Waals surface area contributed by atoms with E-state index in [-0.39, 0.29) is 29.1 Å². The topological polar surface area (TPSA) is 62.2 Å². The van der Waals surface area contributed by atoms with Gasteiger partial charge in [0.15, 0.2) is 0 Å². The van der Waals surface area contributed by atoms with Crippen molar-refractivity contribution >= 4 is 22.7 Å². The van der Waals surface area contributed by atoms with Crippen molar-refractivity contribution in [2.45, 2.75) is 13.0 Å². The predicted molar refractivity (Wildman–Crippen MR) is 135 cm³/mol. The molecule has 0 radical (unpaired) electrons. The number of nitrogens with zero attached hydrogens (tertiary/aromatic N) is 1. The maximum Gasteiger partial charge on any atom is 0.150 e. The Morgan fingerprint density at radius 1 is 1.09 bits per heavy atom. The summed E-state index contributed by atoms with van der Waals surface area (Å²) in [6.45, 7) is 4.60. The fourth-order valence-corrected chi connectivity index (χ4v) is 5.07. The number of allylic oxidation sites excluding steroid dienone is 1. The second-order valence-corrected chi connectivity index (χ2v) is 9.43. The number of likely N-dealkylation sites (tertiary alicyclic amines) is 1. The summed E-state index contributed by atoms with van der Waals surface area (Å²) in [6, 6.07) is 18.0. The molecule has 182 valence electrons. The maximum atomic E-state index is 12.6. The smallest absolute Gasteiger partial charge is 0.150 e. The summed E-state index contributed by atoms with van der Waals surface area (Å²) in [6.07, 6.45) is -0.447. The summed E-state index contributed by atoms with van der Waals surface area (Å²) in [5.41, 5.74) is 4.08. The van der Waals surface area contributed by atoms with Gasteiger partial charge in [0.1, 0.15) is 35.7 Å². The van der Waals surface area contributed by atoms with Crippen molar-refractivity contribution in [3.8, 4) is 23.0 Å². The average Bonchev–Trinajstić information content (AvgIpc) is 2.83. The first-order valence-electron chi connectivity index (χ1n) is 11.6. The minimum Gasteiger partial charge on any atom is -0.508 e. The Hall–Kier alpha value is -3.22. The summed E-state index contributed by atoms with van der Waals surface area (Å²) in [5.74, 6) is 1.65. The van der Waals surface area contributed by atoms with Gasteiger partial charge in [-0.25, -0.2) is 0 Å². The van der Waals surface area contributed by atoms with Gasteiger partial charge in [-0.05, 0) is 60.0 Å². The molecule has 0 spiro atoms. The van der Waals surface area contributed by atoms with E-state index in [1.165, 1.54) is 6.07 Å². The molecular formula is C28H27ClFNO4. The number of halogens is 2. The number of phenolic OH excluding ortho intramolecular Hbond substituents is 2. The van der Waals surface area contributed by atoms with Crippen molar-refractivity contribution in [2.75, 3.05) is 32.9 Å². The number of hydrogen-bond donors (Lipinski definition) is 2. The van der Waals surface area contributed by atoms with Crippen molar-refractivity contribution in [1.29, 1.82) is 0 Å². The highest BCUT2D eigenvalue weighted by Crippen LogP contribution is 2.50. The molecule has 0 amide bonds. The number of alkyl halides is 1. The van der Waals surface area contributed by atoms with Gasteiger partial charge in [-0.2, -0.15) is 0 Å². The van der Waals surface area contributed by atoms with Gasteiger partial charge in [0.05, 0.1) is 11.7 Å². The van der Waals surface area contributed by atoms with E-state index in [4.69, 9.17) is 21.1 Å². The van der Waals surface area contributed by atoms with Crippen molar-refractivity contribution in [3.63, 3.8) is 0 Å². The van der Waals surface area contributed by atoms with E-state index in [0.717, 1.165) is 47.7 Å². The molecule has 3 aromatic carbocycles. The minimum absolute atomic E-state index is 0.0120. The lowest BCUT2D eigenvalue weighted by Gasteiger charge is -2.37. The fourth-order valence-electron chi connectivity index (χ4n) is 4.78. The van der Waals surface area contributed by atoms with Crippen LogP contribution in [-0.4, -0.2) is 48.0 Å². The van der Waals surface area contributed by atoms with Gasteiger partial charge in [0, 0.05) is 36.7 Å². The Balaban J connectivity index is 1.41. The molecular weight excluding hydrogens is 469 g/mol. The number of benzene rings is 3. The molecule has 1 atom stereocenters. The van der Waals surface area contributed by atoms with Crippen LogP contribution in [0.4, 0.5) is 4.39 Å². The van der Waals surface area contributed by atoms with Crippen LogP contribution >= 0.6 is 11.6 Å². The second kappa shape index (κ2) is 9.80. The molecule has 2 N–H and O–H groups in total. The van der Waals surface area contributed by atoms with Gasteiger partial charge in [-0.15, -0.1) is 0 Å². The van der Waals surface area contributed by atoms with Gasteiger partial charge in [0.2, 0.25) is 0 Å². The van der Waals surface area contributed by atoms with E-state index < -0.39 is 6.10 Å². The number of fused-ring (bicyclic) bond motifs is 1. The van der Waals surface area contributed by atoms with Crippen LogP contribution in [0.5, 0.6) is 23.0 Å². The molecule has 1 saturated heterocycles. The van der Waals surface area contributed by atoms with E-state index >= 15 is 0 Å². The lowest BCUT2D eigenvalue weighted by atomic mass is 9.86. The van der Waals surface area contributed by atoms with E-state index in [1.807, 2.05) is 37.3 Å². The fraction of sp³-hybridized carbons (Fsp3) is 0.286. The molecule has 3 aromatic rings. The van der Waals surface area contributed by atoms with Crippen molar-refractivity contribution in [1.82, 2.24) is 4.90 Å². The van der Waals surface area contributed by atoms with Gasteiger partial charge in [0.25, 0.3) is 0 Å². The molecule has 0 bridgehead atoms. The van der Waals surface area contributed by atoms with E-state index in [0.29, 0.717) is 17.9 Å². The SMILES string of the molecule is CC1=C(c2cccc(O)c2)[C@H](c2ccc(OCCN3CC(CF)C3)cc2)Oc2ccc(O)c(Cl)c21. The van der Waals surface area contributed by atoms with Gasteiger partial charge < -0.3 is 19.7 Å². The Bertz CT molecular complexity index is 1250. The summed E-state index contributed by atoms with van der Waals surface area (Å²) in [7, 11) is 0. The average molecular weight is 496 g/mol. The zero-order valence-corrected chi connectivity index (χ0v) is 20.1. The van der Waals surface area contributed by atoms with Crippen LogP contribution in [0.2, 0.25) is 5.02 Å². The number of rotatable bonds is 7. The molecule has 2 aliphatic heterocycles. The lowest BCUT2D eigenvalue weighted by molar-refractivity contribution is 0.0668. The third kappa shape index (κ3) is 4.68. The summed E-state index contributed by atoms with van der Waals surface area (Å²) >= 11 is 6.45. The Morgan fingerprint density at radius 2 is 1.86 bits per heavy atom. The molecule has 35 heavy (non-hydrogen) atoms. The predicted octanol–water partition coefficient (Wildman–Crippen LogP) is 6.10. The number of phenols is 2. The number of aromatic hydroxyl groups is 2. The highest BCUT2D eigenvalue weighted by molar-refractivity contribution is 6.34.